The molecule has 2 rings (SSSR count). The van der Waals surface area contributed by atoms with E-state index in [1.54, 1.807) is 45.4 Å². The minimum absolute atomic E-state index is 0.157. The van der Waals surface area contributed by atoms with Gasteiger partial charge in [0.25, 0.3) is 0 Å². The number of amides is 1. The first kappa shape index (κ1) is 17.9. The van der Waals surface area contributed by atoms with Crippen molar-refractivity contribution < 1.29 is 14.3 Å². The Morgan fingerprint density at radius 1 is 1.08 bits per heavy atom. The van der Waals surface area contributed by atoms with Crippen molar-refractivity contribution in [1.82, 2.24) is 0 Å². The molecule has 0 bridgehead atoms. The maximum atomic E-state index is 12.4. The highest BCUT2D eigenvalue weighted by molar-refractivity contribution is 6.31. The second-order valence-electron chi connectivity index (χ2n) is 5.38. The summed E-state index contributed by atoms with van der Waals surface area (Å²) in [4.78, 5) is 12.4. The first-order valence-electron chi connectivity index (χ1n) is 7.50. The Morgan fingerprint density at radius 3 is 2.46 bits per heavy atom. The Morgan fingerprint density at radius 2 is 1.79 bits per heavy atom. The van der Waals surface area contributed by atoms with Gasteiger partial charge in [-0.2, -0.15) is 0 Å². The number of ether oxygens (including phenoxy) is 2. The molecule has 2 aromatic carbocycles. The molecular formula is C18H21ClN2O3. The second-order valence-corrected chi connectivity index (χ2v) is 5.82. The summed E-state index contributed by atoms with van der Waals surface area (Å²) in [5, 5.41) is 6.60. The summed E-state index contributed by atoms with van der Waals surface area (Å²) in [6.07, 6.45) is 0. The Kier molecular flexibility index (Phi) is 5.93. The summed E-state index contributed by atoms with van der Waals surface area (Å²) in [6.45, 7) is 3.70. The van der Waals surface area contributed by atoms with E-state index in [4.69, 9.17) is 21.1 Å². The van der Waals surface area contributed by atoms with E-state index in [-0.39, 0.29) is 5.91 Å². The topological polar surface area (TPSA) is 59.6 Å². The molecule has 0 aliphatic heterocycles. The summed E-state index contributed by atoms with van der Waals surface area (Å²) in [7, 11) is 3.15. The molecule has 1 atom stereocenters. The van der Waals surface area contributed by atoms with Crippen LogP contribution in [-0.2, 0) is 4.79 Å². The molecule has 5 nitrogen and oxygen atoms in total. The summed E-state index contributed by atoms with van der Waals surface area (Å²) < 4.78 is 10.5. The van der Waals surface area contributed by atoms with Crippen molar-refractivity contribution >= 4 is 28.9 Å². The van der Waals surface area contributed by atoms with Gasteiger partial charge in [-0.1, -0.05) is 17.7 Å². The van der Waals surface area contributed by atoms with Crippen LogP contribution in [0.3, 0.4) is 0 Å². The van der Waals surface area contributed by atoms with Crippen LogP contribution < -0.4 is 20.1 Å². The van der Waals surface area contributed by atoms with Crippen molar-refractivity contribution in [2.24, 2.45) is 0 Å². The van der Waals surface area contributed by atoms with E-state index >= 15 is 0 Å². The van der Waals surface area contributed by atoms with Crippen molar-refractivity contribution in [2.45, 2.75) is 19.9 Å². The lowest BCUT2D eigenvalue weighted by Crippen LogP contribution is -2.32. The molecule has 0 radical (unpaired) electrons. The Bertz CT molecular complexity index is 734. The number of hydrogen-bond donors (Lipinski definition) is 2. The van der Waals surface area contributed by atoms with Gasteiger partial charge < -0.3 is 20.1 Å². The molecule has 0 saturated carbocycles. The maximum Gasteiger partial charge on any atom is 0.246 e. The van der Waals surface area contributed by atoms with Crippen LogP contribution in [0.5, 0.6) is 11.5 Å². The Balaban J connectivity index is 2.07. The van der Waals surface area contributed by atoms with Crippen LogP contribution >= 0.6 is 11.6 Å². The van der Waals surface area contributed by atoms with Gasteiger partial charge in [-0.15, -0.1) is 0 Å². The standard InChI is InChI=1S/C18H21ClN2O3/c1-11-5-6-13(19)9-15(11)21-18(22)12(2)20-14-7-8-16(23-3)17(10-14)24-4/h5-10,12,20H,1-4H3,(H,21,22). The fourth-order valence-electron chi connectivity index (χ4n) is 2.21. The van der Waals surface area contributed by atoms with Crippen molar-refractivity contribution in [3.8, 4) is 11.5 Å². The fraction of sp³-hybridized carbons (Fsp3) is 0.278. The number of hydrogen-bond acceptors (Lipinski definition) is 4. The van der Waals surface area contributed by atoms with Gasteiger partial charge in [-0.05, 0) is 43.7 Å². The van der Waals surface area contributed by atoms with Crippen LogP contribution in [0.15, 0.2) is 36.4 Å². The second kappa shape index (κ2) is 7.93. The van der Waals surface area contributed by atoms with E-state index in [0.717, 1.165) is 11.3 Å². The SMILES string of the molecule is COc1ccc(NC(C)C(=O)Nc2cc(Cl)ccc2C)cc1OC. The third kappa shape index (κ3) is 4.32. The van der Waals surface area contributed by atoms with Crippen molar-refractivity contribution in [2.75, 3.05) is 24.9 Å². The summed E-state index contributed by atoms with van der Waals surface area (Å²) in [5.41, 5.74) is 2.41. The molecule has 0 heterocycles. The third-order valence-electron chi connectivity index (χ3n) is 3.62. The van der Waals surface area contributed by atoms with Crippen molar-refractivity contribution in [3.05, 3.63) is 47.0 Å². The van der Waals surface area contributed by atoms with Gasteiger partial charge in [0, 0.05) is 22.5 Å². The third-order valence-corrected chi connectivity index (χ3v) is 3.85. The number of anilines is 2. The highest BCUT2D eigenvalue weighted by atomic mass is 35.5. The first-order chi connectivity index (χ1) is 11.4. The van der Waals surface area contributed by atoms with Gasteiger partial charge in [0.2, 0.25) is 5.91 Å². The molecule has 1 amide bonds. The minimum atomic E-state index is -0.443. The predicted octanol–water partition coefficient (Wildman–Crippen LogP) is 4.10. The molecule has 2 N–H and O–H groups in total. The van der Waals surface area contributed by atoms with E-state index < -0.39 is 6.04 Å². The van der Waals surface area contributed by atoms with Gasteiger partial charge in [0.05, 0.1) is 14.2 Å². The molecule has 2 aromatic rings. The zero-order valence-corrected chi connectivity index (χ0v) is 14.9. The molecule has 6 heteroatoms. The number of carbonyl (C=O) groups excluding carboxylic acids is 1. The number of nitrogens with one attached hydrogen (secondary N) is 2. The van der Waals surface area contributed by atoms with Gasteiger partial charge in [-0.3, -0.25) is 4.79 Å². The summed E-state index contributed by atoms with van der Waals surface area (Å²) >= 11 is 5.98. The lowest BCUT2D eigenvalue weighted by atomic mass is 10.2. The Hall–Kier alpha value is -2.40. The van der Waals surface area contributed by atoms with E-state index in [2.05, 4.69) is 10.6 Å². The number of aryl methyl sites for hydroxylation is 1. The van der Waals surface area contributed by atoms with Crippen LogP contribution in [-0.4, -0.2) is 26.2 Å². The molecule has 0 aliphatic rings. The number of benzene rings is 2. The highest BCUT2D eigenvalue weighted by Gasteiger charge is 2.15. The lowest BCUT2D eigenvalue weighted by Gasteiger charge is -2.17. The number of rotatable bonds is 6. The molecular weight excluding hydrogens is 328 g/mol. The summed E-state index contributed by atoms with van der Waals surface area (Å²) in [6, 6.07) is 10.3. The predicted molar refractivity (Wildman–Crippen MR) is 97.4 cm³/mol. The van der Waals surface area contributed by atoms with Gasteiger partial charge in [0.1, 0.15) is 6.04 Å². The van der Waals surface area contributed by atoms with Gasteiger partial charge >= 0.3 is 0 Å². The van der Waals surface area contributed by atoms with Gasteiger partial charge in [-0.25, -0.2) is 0 Å². The van der Waals surface area contributed by atoms with Crippen LogP contribution in [0.25, 0.3) is 0 Å². The van der Waals surface area contributed by atoms with Crippen molar-refractivity contribution in [3.63, 3.8) is 0 Å². The normalized spacial score (nSPS) is 11.5. The zero-order chi connectivity index (χ0) is 17.7. The maximum absolute atomic E-state index is 12.4. The number of carbonyl (C=O) groups is 1. The minimum Gasteiger partial charge on any atom is -0.493 e. The quantitative estimate of drug-likeness (QED) is 0.825. The lowest BCUT2D eigenvalue weighted by molar-refractivity contribution is -0.116. The van der Waals surface area contributed by atoms with E-state index in [9.17, 15) is 4.79 Å². The molecule has 0 saturated heterocycles. The fourth-order valence-corrected chi connectivity index (χ4v) is 2.38. The molecule has 1 unspecified atom stereocenters. The molecule has 128 valence electrons. The average Bonchev–Trinajstić information content (AvgIpc) is 2.57. The van der Waals surface area contributed by atoms with E-state index in [0.29, 0.717) is 22.2 Å². The number of halogens is 1. The van der Waals surface area contributed by atoms with Crippen LogP contribution in [0, 0.1) is 6.92 Å². The highest BCUT2D eigenvalue weighted by Crippen LogP contribution is 2.30. The van der Waals surface area contributed by atoms with E-state index in [1.165, 1.54) is 0 Å². The zero-order valence-electron chi connectivity index (χ0n) is 14.1. The molecule has 0 spiro atoms. The van der Waals surface area contributed by atoms with Crippen LogP contribution in [0.1, 0.15) is 12.5 Å². The molecule has 0 aliphatic carbocycles. The molecule has 0 fully saturated rings. The Labute approximate surface area is 146 Å². The smallest absolute Gasteiger partial charge is 0.246 e. The average molecular weight is 349 g/mol. The first-order valence-corrected chi connectivity index (χ1v) is 7.88. The van der Waals surface area contributed by atoms with Gasteiger partial charge in [0.15, 0.2) is 11.5 Å². The number of methoxy groups -OCH3 is 2. The van der Waals surface area contributed by atoms with Crippen molar-refractivity contribution in [1.29, 1.82) is 0 Å². The molecule has 24 heavy (non-hydrogen) atoms. The largest absolute Gasteiger partial charge is 0.493 e. The van der Waals surface area contributed by atoms with Crippen LogP contribution in [0.2, 0.25) is 5.02 Å². The monoisotopic (exact) mass is 348 g/mol. The van der Waals surface area contributed by atoms with E-state index in [1.807, 2.05) is 19.1 Å². The summed E-state index contributed by atoms with van der Waals surface area (Å²) in [5.74, 6) is 1.07. The van der Waals surface area contributed by atoms with Crippen LogP contribution in [0.4, 0.5) is 11.4 Å². The molecule has 0 aromatic heterocycles.